The number of nitrogens with zero attached hydrogens (tertiary/aromatic N) is 4. The number of piperidine rings is 1. The van der Waals surface area contributed by atoms with Gasteiger partial charge in [0.05, 0.1) is 6.04 Å². The number of fused-ring (bicyclic) bond motifs is 1. The predicted octanol–water partition coefficient (Wildman–Crippen LogP) is 2.99. The maximum Gasteiger partial charge on any atom is 0.237 e. The third-order valence-corrected chi connectivity index (χ3v) is 6.52. The van der Waals surface area contributed by atoms with Crippen LogP contribution in [0.3, 0.4) is 0 Å². The van der Waals surface area contributed by atoms with Crippen LogP contribution in [0.4, 0.5) is 0 Å². The van der Waals surface area contributed by atoms with Gasteiger partial charge in [-0.1, -0.05) is 13.0 Å². The summed E-state index contributed by atoms with van der Waals surface area (Å²) in [6.45, 7) is 6.22. The zero-order chi connectivity index (χ0) is 18.8. The van der Waals surface area contributed by atoms with E-state index in [-0.39, 0.29) is 11.9 Å². The van der Waals surface area contributed by atoms with Gasteiger partial charge in [0.25, 0.3) is 0 Å². The van der Waals surface area contributed by atoms with E-state index in [4.69, 9.17) is 0 Å². The number of likely N-dealkylation sites (tertiary alicyclic amines) is 1. The Bertz CT molecular complexity index is 772. The highest BCUT2D eigenvalue weighted by Gasteiger charge is 2.30. The van der Waals surface area contributed by atoms with Crippen molar-refractivity contribution < 1.29 is 4.79 Å². The molecule has 1 saturated carbocycles. The Morgan fingerprint density at radius 1 is 1.11 bits per heavy atom. The van der Waals surface area contributed by atoms with Gasteiger partial charge in [0.2, 0.25) is 5.91 Å². The number of carbonyl (C=O) groups excluding carboxylic acids is 1. The summed E-state index contributed by atoms with van der Waals surface area (Å²) < 4.78 is 2.10. The molecule has 6 heteroatoms. The fraction of sp³-hybridized carbons (Fsp3) is 0.667. The fourth-order valence-electron chi connectivity index (χ4n) is 4.58. The Balaban J connectivity index is 1.31. The van der Waals surface area contributed by atoms with E-state index in [1.165, 1.54) is 12.8 Å². The van der Waals surface area contributed by atoms with E-state index in [2.05, 4.69) is 31.7 Å². The lowest BCUT2D eigenvalue weighted by Gasteiger charge is -2.36. The van der Waals surface area contributed by atoms with Crippen molar-refractivity contribution in [1.29, 1.82) is 0 Å². The minimum atomic E-state index is -0.0551. The van der Waals surface area contributed by atoms with Crippen molar-refractivity contribution in [3.8, 4) is 0 Å². The van der Waals surface area contributed by atoms with E-state index in [1.54, 1.807) is 0 Å². The quantitative estimate of drug-likeness (QED) is 0.900. The third-order valence-electron chi connectivity index (χ3n) is 6.52. The molecule has 27 heavy (non-hydrogen) atoms. The van der Waals surface area contributed by atoms with Crippen LogP contribution in [0.25, 0.3) is 5.65 Å². The predicted molar refractivity (Wildman–Crippen MR) is 106 cm³/mol. The number of carbonyl (C=O) groups is 1. The van der Waals surface area contributed by atoms with Gasteiger partial charge in [-0.15, -0.1) is 10.2 Å². The molecule has 1 atom stereocenters. The number of hydrogen-bond donors (Lipinski definition) is 1. The van der Waals surface area contributed by atoms with Gasteiger partial charge >= 0.3 is 0 Å². The molecule has 1 amide bonds. The second-order valence-corrected chi connectivity index (χ2v) is 8.44. The van der Waals surface area contributed by atoms with Crippen LogP contribution in [0.15, 0.2) is 24.4 Å². The van der Waals surface area contributed by atoms with Gasteiger partial charge in [-0.05, 0) is 76.6 Å². The van der Waals surface area contributed by atoms with Crippen LogP contribution in [0.2, 0.25) is 0 Å². The molecule has 0 radical (unpaired) electrons. The van der Waals surface area contributed by atoms with E-state index in [0.717, 1.165) is 56.2 Å². The van der Waals surface area contributed by atoms with Crippen molar-refractivity contribution in [2.45, 2.75) is 70.4 Å². The zero-order valence-electron chi connectivity index (χ0n) is 16.5. The number of nitrogens with one attached hydrogen (secondary N) is 1. The lowest BCUT2D eigenvalue weighted by atomic mass is 9.87. The van der Waals surface area contributed by atoms with Gasteiger partial charge < -0.3 is 5.32 Å². The van der Waals surface area contributed by atoms with E-state index in [0.29, 0.717) is 12.0 Å². The van der Waals surface area contributed by atoms with E-state index >= 15 is 0 Å². The number of hydrogen-bond acceptors (Lipinski definition) is 4. The first-order valence-electron chi connectivity index (χ1n) is 10.5. The molecular weight excluding hydrogens is 338 g/mol. The topological polar surface area (TPSA) is 62.5 Å². The van der Waals surface area contributed by atoms with Crippen LogP contribution in [0.1, 0.15) is 64.1 Å². The van der Waals surface area contributed by atoms with Crippen LogP contribution < -0.4 is 5.32 Å². The van der Waals surface area contributed by atoms with Gasteiger partial charge in [-0.2, -0.15) is 0 Å². The SMILES string of the molecule is CC1CCC(NC(=O)C(C)N2CCC(c3nnc4ccccn34)CC2)CC1. The summed E-state index contributed by atoms with van der Waals surface area (Å²) in [5, 5.41) is 12.0. The summed E-state index contributed by atoms with van der Waals surface area (Å²) in [4.78, 5) is 15.0. The molecular formula is C21H31N5O. The number of rotatable bonds is 4. The Morgan fingerprint density at radius 2 is 1.85 bits per heavy atom. The van der Waals surface area contributed by atoms with Crippen LogP contribution in [0.5, 0.6) is 0 Å². The molecule has 0 aromatic carbocycles. The van der Waals surface area contributed by atoms with E-state index in [9.17, 15) is 4.79 Å². The maximum absolute atomic E-state index is 12.7. The van der Waals surface area contributed by atoms with Gasteiger partial charge in [0, 0.05) is 18.2 Å². The van der Waals surface area contributed by atoms with E-state index < -0.39 is 0 Å². The van der Waals surface area contributed by atoms with Crippen LogP contribution >= 0.6 is 0 Å². The highest BCUT2D eigenvalue weighted by atomic mass is 16.2. The second-order valence-electron chi connectivity index (χ2n) is 8.44. The molecule has 146 valence electrons. The highest BCUT2D eigenvalue weighted by molar-refractivity contribution is 5.81. The summed E-state index contributed by atoms with van der Waals surface area (Å²) in [5.74, 6) is 2.47. The maximum atomic E-state index is 12.7. The highest BCUT2D eigenvalue weighted by Crippen LogP contribution is 2.28. The van der Waals surface area contributed by atoms with Crippen LogP contribution in [-0.4, -0.2) is 50.6 Å². The normalized spacial score (nSPS) is 26.1. The lowest BCUT2D eigenvalue weighted by molar-refractivity contribution is -0.127. The molecule has 2 aromatic rings. The molecule has 1 saturated heterocycles. The molecule has 0 spiro atoms. The fourth-order valence-corrected chi connectivity index (χ4v) is 4.58. The molecule has 6 nitrogen and oxygen atoms in total. The molecule has 2 fully saturated rings. The van der Waals surface area contributed by atoms with Crippen molar-refractivity contribution in [3.63, 3.8) is 0 Å². The Kier molecular flexibility index (Phi) is 5.43. The molecule has 1 aliphatic carbocycles. The van der Waals surface area contributed by atoms with Gasteiger partial charge in [0.15, 0.2) is 5.65 Å². The van der Waals surface area contributed by atoms with Crippen molar-refractivity contribution in [2.24, 2.45) is 5.92 Å². The number of amides is 1. The summed E-state index contributed by atoms with van der Waals surface area (Å²) in [5.41, 5.74) is 0.907. The van der Waals surface area contributed by atoms with Gasteiger partial charge in [-0.3, -0.25) is 14.1 Å². The Labute approximate surface area is 161 Å². The second kappa shape index (κ2) is 7.97. The third kappa shape index (κ3) is 4.00. The molecule has 1 N–H and O–H groups in total. The first kappa shape index (κ1) is 18.4. The minimum absolute atomic E-state index is 0.0551. The molecule has 1 aliphatic heterocycles. The minimum Gasteiger partial charge on any atom is -0.352 e. The average Bonchev–Trinajstić information content (AvgIpc) is 3.13. The first-order chi connectivity index (χ1) is 13.1. The van der Waals surface area contributed by atoms with E-state index in [1.807, 2.05) is 31.3 Å². The first-order valence-corrected chi connectivity index (χ1v) is 10.5. The Morgan fingerprint density at radius 3 is 2.59 bits per heavy atom. The van der Waals surface area contributed by atoms with Gasteiger partial charge in [0.1, 0.15) is 5.82 Å². The lowest BCUT2D eigenvalue weighted by Crippen LogP contribution is -2.50. The van der Waals surface area contributed by atoms with Crippen molar-refractivity contribution in [2.75, 3.05) is 13.1 Å². The summed E-state index contributed by atoms with van der Waals surface area (Å²) in [7, 11) is 0. The van der Waals surface area contributed by atoms with Gasteiger partial charge in [-0.25, -0.2) is 0 Å². The molecule has 2 aromatic heterocycles. The summed E-state index contributed by atoms with van der Waals surface area (Å²) >= 11 is 0. The van der Waals surface area contributed by atoms with Crippen LogP contribution in [-0.2, 0) is 4.79 Å². The molecule has 2 aliphatic rings. The summed E-state index contributed by atoms with van der Waals surface area (Å²) in [6, 6.07) is 6.32. The van der Waals surface area contributed by atoms with Crippen molar-refractivity contribution >= 4 is 11.6 Å². The number of aromatic nitrogens is 3. The molecule has 0 bridgehead atoms. The monoisotopic (exact) mass is 369 g/mol. The largest absolute Gasteiger partial charge is 0.352 e. The molecule has 3 heterocycles. The van der Waals surface area contributed by atoms with Crippen molar-refractivity contribution in [1.82, 2.24) is 24.8 Å². The average molecular weight is 370 g/mol. The summed E-state index contributed by atoms with van der Waals surface area (Å²) in [6.07, 6.45) is 8.80. The zero-order valence-corrected chi connectivity index (χ0v) is 16.5. The molecule has 1 unspecified atom stereocenters. The smallest absolute Gasteiger partial charge is 0.237 e. The standard InChI is InChI=1S/C21H31N5O/c1-15-6-8-18(9-7-15)22-21(27)16(2)25-13-10-17(11-14-25)20-24-23-19-5-3-4-12-26(19)20/h3-5,12,15-18H,6-11,13-14H2,1-2H3,(H,22,27). The van der Waals surface area contributed by atoms with Crippen LogP contribution in [0, 0.1) is 5.92 Å². The molecule has 4 rings (SSSR count). The Hall–Kier alpha value is -1.95. The number of pyridine rings is 1. The van der Waals surface area contributed by atoms with Crippen molar-refractivity contribution in [3.05, 3.63) is 30.2 Å².